The van der Waals surface area contributed by atoms with Gasteiger partial charge in [0.25, 0.3) is 0 Å². The summed E-state index contributed by atoms with van der Waals surface area (Å²) in [5.41, 5.74) is 1.29. The number of hydrogen-bond acceptors (Lipinski definition) is 6. The number of esters is 1. The van der Waals surface area contributed by atoms with Crippen LogP contribution >= 0.6 is 11.8 Å². The molecule has 0 aliphatic carbocycles. The quantitative estimate of drug-likeness (QED) is 0.481. The minimum atomic E-state index is -0.572. The zero-order valence-electron chi connectivity index (χ0n) is 12.8. The highest BCUT2D eigenvalue weighted by Crippen LogP contribution is 2.25. The van der Waals surface area contributed by atoms with Crippen molar-refractivity contribution in [3.63, 3.8) is 0 Å². The van der Waals surface area contributed by atoms with E-state index in [0.29, 0.717) is 5.03 Å². The average Bonchev–Trinajstić information content (AvgIpc) is 2.60. The standard InChI is InChI=1S/C16H19N3O2S/c1-21-16(20)14(12-17)15(22-2)19-10-8-18(9-11-19)13-6-4-3-5-7-13/h3-7H,8-11H2,1-2H3/b15-14-. The van der Waals surface area contributed by atoms with Gasteiger partial charge in [0.05, 0.1) is 12.1 Å². The summed E-state index contributed by atoms with van der Waals surface area (Å²) in [6, 6.07) is 12.2. The minimum absolute atomic E-state index is 0.0863. The molecule has 1 saturated heterocycles. The van der Waals surface area contributed by atoms with Crippen LogP contribution in [0.4, 0.5) is 5.69 Å². The molecule has 5 nitrogen and oxygen atoms in total. The fourth-order valence-corrected chi connectivity index (χ4v) is 3.25. The van der Waals surface area contributed by atoms with Crippen LogP contribution < -0.4 is 4.90 Å². The number of para-hydroxylation sites is 1. The first-order valence-electron chi connectivity index (χ1n) is 7.03. The number of thioether (sulfide) groups is 1. The summed E-state index contributed by atoms with van der Waals surface area (Å²) in [7, 11) is 1.30. The molecule has 0 saturated carbocycles. The van der Waals surface area contributed by atoms with Crippen molar-refractivity contribution >= 4 is 23.4 Å². The number of nitriles is 1. The Morgan fingerprint density at radius 2 is 1.86 bits per heavy atom. The predicted octanol–water partition coefficient (Wildman–Crippen LogP) is 2.08. The lowest BCUT2D eigenvalue weighted by molar-refractivity contribution is -0.135. The topological polar surface area (TPSA) is 56.6 Å². The number of ether oxygens (including phenoxy) is 1. The molecule has 1 aromatic rings. The second-order valence-electron chi connectivity index (χ2n) is 4.80. The van der Waals surface area contributed by atoms with E-state index in [0.717, 1.165) is 26.2 Å². The molecular formula is C16H19N3O2S. The highest BCUT2D eigenvalue weighted by molar-refractivity contribution is 8.02. The van der Waals surface area contributed by atoms with E-state index >= 15 is 0 Å². The SMILES string of the molecule is COC(=O)/C(C#N)=C(\SC)N1CCN(c2ccccc2)CC1. The predicted molar refractivity (Wildman–Crippen MR) is 88.4 cm³/mol. The summed E-state index contributed by atoms with van der Waals surface area (Å²) < 4.78 is 4.70. The highest BCUT2D eigenvalue weighted by atomic mass is 32.2. The first-order valence-corrected chi connectivity index (χ1v) is 8.25. The molecule has 2 rings (SSSR count). The molecule has 0 aromatic heterocycles. The van der Waals surface area contributed by atoms with Crippen molar-refractivity contribution in [2.24, 2.45) is 0 Å². The number of hydrogen-bond donors (Lipinski definition) is 0. The number of carbonyl (C=O) groups excluding carboxylic acids is 1. The Morgan fingerprint density at radius 3 is 2.36 bits per heavy atom. The molecule has 1 aliphatic rings. The Labute approximate surface area is 135 Å². The lowest BCUT2D eigenvalue weighted by Crippen LogP contribution is -2.45. The smallest absolute Gasteiger partial charge is 0.351 e. The van der Waals surface area contributed by atoms with Gasteiger partial charge < -0.3 is 14.5 Å². The maximum absolute atomic E-state index is 11.7. The van der Waals surface area contributed by atoms with Crippen molar-refractivity contribution < 1.29 is 9.53 Å². The van der Waals surface area contributed by atoms with Gasteiger partial charge in [0.1, 0.15) is 6.07 Å². The largest absolute Gasteiger partial charge is 0.465 e. The van der Waals surface area contributed by atoms with E-state index in [1.54, 1.807) is 0 Å². The molecule has 22 heavy (non-hydrogen) atoms. The summed E-state index contributed by atoms with van der Waals surface area (Å²) in [5, 5.41) is 9.93. The van der Waals surface area contributed by atoms with Gasteiger partial charge >= 0.3 is 5.97 Å². The van der Waals surface area contributed by atoms with Gasteiger partial charge in [-0.2, -0.15) is 5.26 Å². The second-order valence-corrected chi connectivity index (χ2v) is 5.59. The van der Waals surface area contributed by atoms with Gasteiger partial charge in [0.15, 0.2) is 5.57 Å². The molecule has 116 valence electrons. The van der Waals surface area contributed by atoms with Crippen LogP contribution in [0.1, 0.15) is 0 Å². The molecule has 0 spiro atoms. The summed E-state index contributed by atoms with van der Waals surface area (Å²) in [4.78, 5) is 16.1. The molecule has 1 heterocycles. The third kappa shape index (κ3) is 3.55. The summed E-state index contributed by atoms with van der Waals surface area (Å²) in [6.45, 7) is 3.25. The summed E-state index contributed by atoms with van der Waals surface area (Å²) in [6.07, 6.45) is 1.87. The number of benzene rings is 1. The molecule has 1 aromatic carbocycles. The van der Waals surface area contributed by atoms with E-state index in [9.17, 15) is 10.1 Å². The van der Waals surface area contributed by atoms with Crippen LogP contribution in [-0.2, 0) is 9.53 Å². The second kappa shape index (κ2) is 7.76. The monoisotopic (exact) mass is 317 g/mol. The van der Waals surface area contributed by atoms with Crippen LogP contribution in [0.15, 0.2) is 40.9 Å². The van der Waals surface area contributed by atoms with E-state index in [-0.39, 0.29) is 5.57 Å². The first kappa shape index (κ1) is 16.2. The molecule has 0 atom stereocenters. The normalized spacial score (nSPS) is 15.9. The van der Waals surface area contributed by atoms with Crippen LogP contribution in [-0.4, -0.2) is 50.4 Å². The minimum Gasteiger partial charge on any atom is -0.465 e. The Balaban J connectivity index is 2.11. The van der Waals surface area contributed by atoms with Gasteiger partial charge in [-0.15, -0.1) is 11.8 Å². The molecule has 0 radical (unpaired) electrons. The van der Waals surface area contributed by atoms with Gasteiger partial charge in [-0.25, -0.2) is 4.79 Å². The van der Waals surface area contributed by atoms with Crippen molar-refractivity contribution in [1.82, 2.24) is 4.90 Å². The summed E-state index contributed by atoms with van der Waals surface area (Å²) in [5.74, 6) is -0.572. The number of carbonyl (C=O) groups is 1. The Bertz CT molecular complexity index is 587. The van der Waals surface area contributed by atoms with Gasteiger partial charge in [-0.1, -0.05) is 18.2 Å². The number of rotatable bonds is 4. The van der Waals surface area contributed by atoms with Gasteiger partial charge in [-0.3, -0.25) is 0 Å². The van der Waals surface area contributed by atoms with E-state index < -0.39 is 5.97 Å². The molecule has 0 unspecified atom stereocenters. The van der Waals surface area contributed by atoms with Crippen molar-refractivity contribution in [2.75, 3.05) is 44.4 Å². The van der Waals surface area contributed by atoms with Gasteiger partial charge in [0.2, 0.25) is 0 Å². The van der Waals surface area contributed by atoms with Gasteiger partial charge in [-0.05, 0) is 18.4 Å². The Morgan fingerprint density at radius 1 is 1.23 bits per heavy atom. The van der Waals surface area contributed by atoms with Crippen LogP contribution in [0.3, 0.4) is 0 Å². The number of anilines is 1. The van der Waals surface area contributed by atoms with Crippen LogP contribution in [0.5, 0.6) is 0 Å². The van der Waals surface area contributed by atoms with E-state index in [1.165, 1.54) is 24.6 Å². The molecule has 1 fully saturated rings. The molecule has 0 amide bonds. The van der Waals surface area contributed by atoms with Crippen LogP contribution in [0.2, 0.25) is 0 Å². The Hall–Kier alpha value is -2.13. The van der Waals surface area contributed by atoms with E-state index in [1.807, 2.05) is 30.5 Å². The third-order valence-electron chi connectivity index (χ3n) is 3.60. The van der Waals surface area contributed by atoms with Crippen LogP contribution in [0, 0.1) is 11.3 Å². The van der Waals surface area contributed by atoms with Crippen molar-refractivity contribution in [1.29, 1.82) is 5.26 Å². The number of nitrogens with zero attached hydrogens (tertiary/aromatic N) is 3. The maximum Gasteiger partial charge on any atom is 0.351 e. The van der Waals surface area contributed by atoms with E-state index in [4.69, 9.17) is 4.74 Å². The highest BCUT2D eigenvalue weighted by Gasteiger charge is 2.24. The van der Waals surface area contributed by atoms with Gasteiger partial charge in [0, 0.05) is 31.9 Å². The van der Waals surface area contributed by atoms with Crippen molar-refractivity contribution in [2.45, 2.75) is 0 Å². The molecule has 0 bridgehead atoms. The average molecular weight is 317 g/mol. The van der Waals surface area contributed by atoms with E-state index in [2.05, 4.69) is 21.9 Å². The lowest BCUT2D eigenvalue weighted by atomic mass is 10.2. The summed E-state index contributed by atoms with van der Waals surface area (Å²) >= 11 is 1.41. The molecule has 0 N–H and O–H groups in total. The fourth-order valence-electron chi connectivity index (χ4n) is 2.48. The molecular weight excluding hydrogens is 298 g/mol. The molecule has 6 heteroatoms. The third-order valence-corrected chi connectivity index (χ3v) is 4.45. The van der Waals surface area contributed by atoms with Crippen molar-refractivity contribution in [3.8, 4) is 6.07 Å². The van der Waals surface area contributed by atoms with Crippen LogP contribution in [0.25, 0.3) is 0 Å². The first-order chi connectivity index (χ1) is 10.7. The zero-order chi connectivity index (χ0) is 15.9. The number of piperazine rings is 1. The maximum atomic E-state index is 11.7. The molecule has 1 aliphatic heterocycles. The zero-order valence-corrected chi connectivity index (χ0v) is 13.6. The number of methoxy groups -OCH3 is 1. The Kier molecular flexibility index (Phi) is 5.73. The fraction of sp³-hybridized carbons (Fsp3) is 0.375. The lowest BCUT2D eigenvalue weighted by Gasteiger charge is -2.38. The van der Waals surface area contributed by atoms with Crippen molar-refractivity contribution in [3.05, 3.63) is 40.9 Å².